The summed E-state index contributed by atoms with van der Waals surface area (Å²) < 4.78 is 6.57. The van der Waals surface area contributed by atoms with E-state index in [-0.39, 0.29) is 24.0 Å². The molecule has 3 nitrogen and oxygen atoms in total. The molecule has 0 bridgehead atoms. The first-order valence-electron chi connectivity index (χ1n) is 8.99. The van der Waals surface area contributed by atoms with Crippen LogP contribution in [-0.2, 0) is 10.2 Å². The summed E-state index contributed by atoms with van der Waals surface area (Å²) in [6, 6.07) is 14.3. The third-order valence-corrected chi connectivity index (χ3v) is 5.00. The van der Waals surface area contributed by atoms with Crippen LogP contribution in [0.2, 0.25) is 0 Å². The fraction of sp³-hybridized carbons (Fsp3) is 0.409. The molecule has 0 fully saturated rings. The predicted octanol–water partition coefficient (Wildman–Crippen LogP) is 5.70. The van der Waals surface area contributed by atoms with Gasteiger partial charge in [-0.25, -0.2) is 0 Å². The number of benzene rings is 2. The lowest BCUT2D eigenvalue weighted by molar-refractivity contribution is -0.123. The van der Waals surface area contributed by atoms with Crippen LogP contribution in [0.4, 0.5) is 0 Å². The van der Waals surface area contributed by atoms with Gasteiger partial charge in [0.1, 0.15) is 5.75 Å². The highest BCUT2D eigenvalue weighted by atomic mass is 79.9. The Morgan fingerprint density at radius 2 is 1.81 bits per heavy atom. The van der Waals surface area contributed by atoms with E-state index in [2.05, 4.69) is 80.1 Å². The number of aryl methyl sites for hydroxylation is 1. The molecule has 26 heavy (non-hydrogen) atoms. The smallest absolute Gasteiger partial charge is 0.258 e. The normalized spacial score (nSPS) is 12.5. The topological polar surface area (TPSA) is 38.3 Å². The standard InChI is InChI=1S/C22H28BrNO2/c1-6-19(16-9-7-15(2)8-10-16)24-21(25)14-26-20-12-11-17(13-18(20)23)22(3,4)5/h7-13,19H,6,14H2,1-5H3,(H,24,25)/t19-/m0/s1. The highest BCUT2D eigenvalue weighted by Gasteiger charge is 2.17. The minimum Gasteiger partial charge on any atom is -0.483 e. The molecule has 0 radical (unpaired) electrons. The molecule has 0 unspecified atom stereocenters. The minimum atomic E-state index is -0.121. The van der Waals surface area contributed by atoms with Crippen LogP contribution in [0.15, 0.2) is 46.9 Å². The molecule has 0 heterocycles. The van der Waals surface area contributed by atoms with E-state index in [1.165, 1.54) is 11.1 Å². The zero-order chi connectivity index (χ0) is 19.3. The van der Waals surface area contributed by atoms with Crippen LogP contribution in [0.3, 0.4) is 0 Å². The average molecular weight is 418 g/mol. The van der Waals surface area contributed by atoms with Gasteiger partial charge in [-0.2, -0.15) is 0 Å². The number of rotatable bonds is 6. The molecule has 0 aliphatic heterocycles. The van der Waals surface area contributed by atoms with E-state index in [1.54, 1.807) is 0 Å². The maximum absolute atomic E-state index is 12.3. The molecule has 2 rings (SSSR count). The fourth-order valence-corrected chi connectivity index (χ4v) is 3.18. The van der Waals surface area contributed by atoms with Crippen LogP contribution in [0, 0.1) is 6.92 Å². The van der Waals surface area contributed by atoms with Crippen molar-refractivity contribution in [2.75, 3.05) is 6.61 Å². The first kappa shape index (κ1) is 20.5. The third kappa shape index (κ3) is 5.60. The van der Waals surface area contributed by atoms with Gasteiger partial charge in [-0.3, -0.25) is 4.79 Å². The molecule has 0 spiro atoms. The monoisotopic (exact) mass is 417 g/mol. The van der Waals surface area contributed by atoms with Gasteiger partial charge in [0, 0.05) is 0 Å². The first-order chi connectivity index (χ1) is 12.2. The van der Waals surface area contributed by atoms with Gasteiger partial charge in [-0.05, 0) is 57.9 Å². The molecular weight excluding hydrogens is 390 g/mol. The van der Waals surface area contributed by atoms with Crippen LogP contribution in [0.25, 0.3) is 0 Å². The molecule has 0 saturated carbocycles. The van der Waals surface area contributed by atoms with Crippen molar-refractivity contribution in [3.05, 3.63) is 63.6 Å². The van der Waals surface area contributed by atoms with Crippen LogP contribution in [0.1, 0.15) is 56.8 Å². The summed E-state index contributed by atoms with van der Waals surface area (Å²) in [5.41, 5.74) is 3.61. The van der Waals surface area contributed by atoms with E-state index in [4.69, 9.17) is 4.74 Å². The SMILES string of the molecule is CC[C@H](NC(=O)COc1ccc(C(C)(C)C)cc1Br)c1ccc(C)cc1. The molecule has 2 aromatic rings. The lowest BCUT2D eigenvalue weighted by Gasteiger charge is -2.20. The molecule has 1 N–H and O–H groups in total. The summed E-state index contributed by atoms with van der Waals surface area (Å²) in [4.78, 5) is 12.3. The summed E-state index contributed by atoms with van der Waals surface area (Å²) in [5, 5.41) is 3.05. The fourth-order valence-electron chi connectivity index (χ4n) is 2.68. The molecule has 4 heteroatoms. The Hall–Kier alpha value is -1.81. The van der Waals surface area contributed by atoms with Crippen molar-refractivity contribution in [2.24, 2.45) is 0 Å². The van der Waals surface area contributed by atoms with Crippen molar-refractivity contribution in [3.63, 3.8) is 0 Å². The molecule has 2 aromatic carbocycles. The molecule has 0 aliphatic rings. The van der Waals surface area contributed by atoms with Gasteiger partial charge in [0.05, 0.1) is 10.5 Å². The summed E-state index contributed by atoms with van der Waals surface area (Å²) in [6.07, 6.45) is 0.832. The predicted molar refractivity (Wildman–Crippen MR) is 111 cm³/mol. The zero-order valence-corrected chi connectivity index (χ0v) is 17.8. The quantitative estimate of drug-likeness (QED) is 0.654. The molecule has 0 aliphatic carbocycles. The van der Waals surface area contributed by atoms with Gasteiger partial charge in [0.25, 0.3) is 5.91 Å². The number of hydrogen-bond donors (Lipinski definition) is 1. The Bertz CT molecular complexity index is 748. The lowest BCUT2D eigenvalue weighted by atomic mass is 9.87. The molecule has 1 amide bonds. The van der Waals surface area contributed by atoms with Gasteiger partial charge in [-0.1, -0.05) is 63.6 Å². The highest BCUT2D eigenvalue weighted by Crippen LogP contribution is 2.31. The Labute approximate surface area is 165 Å². The second-order valence-electron chi connectivity index (χ2n) is 7.62. The van der Waals surface area contributed by atoms with Gasteiger partial charge < -0.3 is 10.1 Å². The van der Waals surface area contributed by atoms with Crippen molar-refractivity contribution in [1.29, 1.82) is 0 Å². The molecule has 1 atom stereocenters. The van der Waals surface area contributed by atoms with Crippen molar-refractivity contribution in [1.82, 2.24) is 5.32 Å². The molecule has 0 saturated heterocycles. The number of halogens is 1. The summed E-state index contributed by atoms with van der Waals surface area (Å²) >= 11 is 3.54. The van der Waals surface area contributed by atoms with Crippen molar-refractivity contribution in [2.45, 2.75) is 52.5 Å². The summed E-state index contributed by atoms with van der Waals surface area (Å²) in [5.74, 6) is 0.556. The second kappa shape index (κ2) is 8.72. The lowest BCUT2D eigenvalue weighted by Crippen LogP contribution is -2.32. The number of nitrogens with one attached hydrogen (secondary N) is 1. The van der Waals surface area contributed by atoms with Crippen LogP contribution >= 0.6 is 15.9 Å². The van der Waals surface area contributed by atoms with E-state index >= 15 is 0 Å². The Kier molecular flexibility index (Phi) is 6.87. The van der Waals surface area contributed by atoms with Crippen LogP contribution in [0.5, 0.6) is 5.75 Å². The first-order valence-corrected chi connectivity index (χ1v) is 9.78. The average Bonchev–Trinajstić information content (AvgIpc) is 2.58. The summed E-state index contributed by atoms with van der Waals surface area (Å²) in [7, 11) is 0. The van der Waals surface area contributed by atoms with E-state index in [0.29, 0.717) is 5.75 Å². The number of hydrogen-bond acceptors (Lipinski definition) is 2. The molecule has 140 valence electrons. The van der Waals surface area contributed by atoms with E-state index in [0.717, 1.165) is 16.5 Å². The van der Waals surface area contributed by atoms with Gasteiger partial charge >= 0.3 is 0 Å². The van der Waals surface area contributed by atoms with E-state index < -0.39 is 0 Å². The minimum absolute atomic E-state index is 0.00147. The maximum Gasteiger partial charge on any atom is 0.258 e. The van der Waals surface area contributed by atoms with E-state index in [9.17, 15) is 4.79 Å². The third-order valence-electron chi connectivity index (χ3n) is 4.38. The zero-order valence-electron chi connectivity index (χ0n) is 16.2. The van der Waals surface area contributed by atoms with Gasteiger partial charge in [0.2, 0.25) is 0 Å². The van der Waals surface area contributed by atoms with Gasteiger partial charge in [0.15, 0.2) is 6.61 Å². The molecule has 0 aromatic heterocycles. The Morgan fingerprint density at radius 3 is 2.35 bits per heavy atom. The maximum atomic E-state index is 12.3. The largest absolute Gasteiger partial charge is 0.483 e. The van der Waals surface area contributed by atoms with Crippen LogP contribution < -0.4 is 10.1 Å². The van der Waals surface area contributed by atoms with Crippen molar-refractivity contribution >= 4 is 21.8 Å². The summed E-state index contributed by atoms with van der Waals surface area (Å²) in [6.45, 7) is 10.6. The number of carbonyl (C=O) groups excluding carboxylic acids is 1. The number of amides is 1. The van der Waals surface area contributed by atoms with Crippen molar-refractivity contribution < 1.29 is 9.53 Å². The second-order valence-corrected chi connectivity index (χ2v) is 8.48. The van der Waals surface area contributed by atoms with Gasteiger partial charge in [-0.15, -0.1) is 0 Å². The number of ether oxygens (including phenoxy) is 1. The van der Waals surface area contributed by atoms with Crippen molar-refractivity contribution in [3.8, 4) is 5.75 Å². The highest BCUT2D eigenvalue weighted by molar-refractivity contribution is 9.10. The Morgan fingerprint density at radius 1 is 1.15 bits per heavy atom. The number of carbonyl (C=O) groups is 1. The Balaban J connectivity index is 1.96. The van der Waals surface area contributed by atoms with E-state index in [1.807, 2.05) is 18.2 Å². The van der Waals surface area contributed by atoms with Crippen LogP contribution in [-0.4, -0.2) is 12.5 Å². The molecular formula is C22H28BrNO2.